The number of hydrogen-bond donors (Lipinski definition) is 2. The number of aromatic nitrogens is 2. The Morgan fingerprint density at radius 3 is 3.00 bits per heavy atom. The maximum absolute atomic E-state index is 12.1. The van der Waals surface area contributed by atoms with Gasteiger partial charge in [0.15, 0.2) is 5.69 Å². The first-order valence-electron chi connectivity index (χ1n) is 7.93. The molecule has 1 saturated heterocycles. The first-order chi connectivity index (χ1) is 11.6. The molecular formula is C16H20ClN5O3. The molecule has 1 aliphatic rings. The number of non-ortho nitro benzene ring substituents is 1. The van der Waals surface area contributed by atoms with E-state index in [-0.39, 0.29) is 24.0 Å². The lowest BCUT2D eigenvalue weighted by atomic mass is 10.1. The van der Waals surface area contributed by atoms with E-state index < -0.39 is 4.92 Å². The predicted molar refractivity (Wildman–Crippen MR) is 95.4 cm³/mol. The molecule has 1 aromatic heterocycles. The van der Waals surface area contributed by atoms with Gasteiger partial charge in [-0.3, -0.25) is 14.9 Å². The lowest BCUT2D eigenvalue weighted by Crippen LogP contribution is -2.26. The maximum Gasteiger partial charge on any atom is 0.271 e. The molecule has 2 aromatic rings. The normalized spacial score (nSPS) is 16.2. The van der Waals surface area contributed by atoms with Crippen molar-refractivity contribution in [1.82, 2.24) is 20.4 Å². The van der Waals surface area contributed by atoms with Gasteiger partial charge in [0, 0.05) is 24.9 Å². The third-order valence-electron chi connectivity index (χ3n) is 4.13. The van der Waals surface area contributed by atoms with E-state index in [4.69, 9.17) is 0 Å². The Morgan fingerprint density at radius 1 is 1.44 bits per heavy atom. The second kappa shape index (κ2) is 8.59. The van der Waals surface area contributed by atoms with Gasteiger partial charge < -0.3 is 10.6 Å². The van der Waals surface area contributed by atoms with E-state index in [1.807, 2.05) is 0 Å². The molecule has 2 heterocycles. The van der Waals surface area contributed by atoms with Crippen molar-refractivity contribution < 1.29 is 9.72 Å². The highest BCUT2D eigenvalue weighted by atomic mass is 35.5. The van der Waals surface area contributed by atoms with Gasteiger partial charge in [0.05, 0.1) is 10.6 Å². The quantitative estimate of drug-likeness (QED) is 0.601. The van der Waals surface area contributed by atoms with Crippen LogP contribution in [0.2, 0.25) is 0 Å². The van der Waals surface area contributed by atoms with Crippen molar-refractivity contribution in [2.75, 3.05) is 19.6 Å². The Bertz CT molecular complexity index is 743. The Hall–Kier alpha value is -2.45. The van der Waals surface area contributed by atoms with Crippen LogP contribution >= 0.6 is 12.4 Å². The van der Waals surface area contributed by atoms with Crippen LogP contribution in [-0.4, -0.2) is 40.2 Å². The number of carbonyl (C=O) groups excluding carboxylic acids is 1. The fraction of sp³-hybridized carbons (Fsp3) is 0.375. The van der Waals surface area contributed by atoms with Gasteiger partial charge in [-0.25, -0.2) is 4.68 Å². The van der Waals surface area contributed by atoms with Gasteiger partial charge in [0.2, 0.25) is 0 Å². The van der Waals surface area contributed by atoms with E-state index in [0.29, 0.717) is 23.8 Å². The number of nitrogens with zero attached hydrogens (tertiary/aromatic N) is 3. The Labute approximate surface area is 151 Å². The van der Waals surface area contributed by atoms with Gasteiger partial charge in [0.1, 0.15) is 0 Å². The van der Waals surface area contributed by atoms with Crippen LogP contribution < -0.4 is 10.6 Å². The number of benzene rings is 1. The number of amides is 1. The lowest BCUT2D eigenvalue weighted by molar-refractivity contribution is -0.384. The number of halogens is 1. The number of hydrogen-bond acceptors (Lipinski definition) is 5. The smallest absolute Gasteiger partial charge is 0.271 e. The SMILES string of the molecule is Cl.O=C(NCCC1CCNC1)c1ccn(-c2cccc([N+](=O)[O-])c2)n1. The average molecular weight is 366 g/mol. The topological polar surface area (TPSA) is 102 Å². The van der Waals surface area contributed by atoms with Crippen LogP contribution in [0.25, 0.3) is 5.69 Å². The number of nitro groups is 1. The molecule has 0 radical (unpaired) electrons. The van der Waals surface area contributed by atoms with E-state index in [0.717, 1.165) is 25.9 Å². The molecule has 0 bridgehead atoms. The van der Waals surface area contributed by atoms with Crippen molar-refractivity contribution in [1.29, 1.82) is 0 Å². The summed E-state index contributed by atoms with van der Waals surface area (Å²) in [5.41, 5.74) is 0.825. The lowest BCUT2D eigenvalue weighted by Gasteiger charge is -2.08. The van der Waals surface area contributed by atoms with Gasteiger partial charge >= 0.3 is 0 Å². The van der Waals surface area contributed by atoms with Crippen LogP contribution in [0, 0.1) is 16.0 Å². The van der Waals surface area contributed by atoms with Crippen molar-refractivity contribution in [2.24, 2.45) is 5.92 Å². The zero-order valence-electron chi connectivity index (χ0n) is 13.6. The summed E-state index contributed by atoms with van der Waals surface area (Å²) in [5.74, 6) is 0.387. The molecular weight excluding hydrogens is 346 g/mol. The highest BCUT2D eigenvalue weighted by Gasteiger charge is 2.15. The van der Waals surface area contributed by atoms with Crippen LogP contribution in [-0.2, 0) is 0 Å². The molecule has 3 rings (SSSR count). The number of rotatable bonds is 6. The van der Waals surface area contributed by atoms with Crippen LogP contribution in [0.1, 0.15) is 23.3 Å². The zero-order valence-corrected chi connectivity index (χ0v) is 14.4. The highest BCUT2D eigenvalue weighted by Crippen LogP contribution is 2.16. The number of nitro benzene ring substituents is 1. The summed E-state index contributed by atoms with van der Waals surface area (Å²) in [6.45, 7) is 2.68. The largest absolute Gasteiger partial charge is 0.351 e. The van der Waals surface area contributed by atoms with E-state index >= 15 is 0 Å². The summed E-state index contributed by atoms with van der Waals surface area (Å²) in [6.07, 6.45) is 3.72. The minimum atomic E-state index is -0.460. The van der Waals surface area contributed by atoms with E-state index in [1.54, 1.807) is 24.4 Å². The highest BCUT2D eigenvalue weighted by molar-refractivity contribution is 5.92. The molecule has 2 N–H and O–H groups in total. The standard InChI is InChI=1S/C16H19N5O3.ClH/c22-16(18-8-5-12-4-7-17-11-12)15-6-9-20(19-15)13-2-1-3-14(10-13)21(23)24;/h1-3,6,9-10,12,17H,4-5,7-8,11H2,(H,18,22);1H. The van der Waals surface area contributed by atoms with Crippen molar-refractivity contribution >= 4 is 24.0 Å². The summed E-state index contributed by atoms with van der Waals surface area (Å²) in [6, 6.07) is 7.73. The van der Waals surface area contributed by atoms with E-state index in [1.165, 1.54) is 16.8 Å². The molecule has 134 valence electrons. The maximum atomic E-state index is 12.1. The second-order valence-corrected chi connectivity index (χ2v) is 5.83. The average Bonchev–Trinajstić information content (AvgIpc) is 3.26. The molecule has 8 nitrogen and oxygen atoms in total. The van der Waals surface area contributed by atoms with Gasteiger partial charge in [-0.2, -0.15) is 5.10 Å². The van der Waals surface area contributed by atoms with Gasteiger partial charge in [0.25, 0.3) is 11.6 Å². The van der Waals surface area contributed by atoms with Gasteiger partial charge in [-0.05, 0) is 44.0 Å². The Kier molecular flexibility index (Phi) is 6.49. The molecule has 0 spiro atoms. The van der Waals surface area contributed by atoms with E-state index in [9.17, 15) is 14.9 Å². The molecule has 1 aliphatic heterocycles. The first kappa shape index (κ1) is 18.9. The molecule has 1 fully saturated rings. The molecule has 0 aliphatic carbocycles. The second-order valence-electron chi connectivity index (χ2n) is 5.83. The fourth-order valence-electron chi connectivity index (χ4n) is 2.78. The first-order valence-corrected chi connectivity index (χ1v) is 7.93. The molecule has 1 atom stereocenters. The van der Waals surface area contributed by atoms with Gasteiger partial charge in [-0.15, -0.1) is 12.4 Å². The fourth-order valence-corrected chi connectivity index (χ4v) is 2.78. The summed E-state index contributed by atoms with van der Waals surface area (Å²) < 4.78 is 1.46. The number of carbonyl (C=O) groups is 1. The van der Waals surface area contributed by atoms with Crippen molar-refractivity contribution in [2.45, 2.75) is 12.8 Å². The number of nitrogens with one attached hydrogen (secondary N) is 2. The van der Waals surface area contributed by atoms with E-state index in [2.05, 4.69) is 15.7 Å². The molecule has 1 amide bonds. The third-order valence-corrected chi connectivity index (χ3v) is 4.13. The zero-order chi connectivity index (χ0) is 16.9. The Morgan fingerprint density at radius 2 is 2.28 bits per heavy atom. The van der Waals surface area contributed by atoms with Crippen molar-refractivity contribution in [3.05, 3.63) is 52.3 Å². The van der Waals surface area contributed by atoms with Crippen molar-refractivity contribution in [3.63, 3.8) is 0 Å². The van der Waals surface area contributed by atoms with Crippen LogP contribution in [0.5, 0.6) is 0 Å². The monoisotopic (exact) mass is 365 g/mol. The molecule has 0 saturated carbocycles. The van der Waals surface area contributed by atoms with Crippen LogP contribution in [0.3, 0.4) is 0 Å². The predicted octanol–water partition coefficient (Wildman–Crippen LogP) is 1.93. The minimum Gasteiger partial charge on any atom is -0.351 e. The van der Waals surface area contributed by atoms with Crippen LogP contribution in [0.15, 0.2) is 36.5 Å². The van der Waals surface area contributed by atoms with Crippen LogP contribution in [0.4, 0.5) is 5.69 Å². The van der Waals surface area contributed by atoms with Crippen molar-refractivity contribution in [3.8, 4) is 5.69 Å². The third kappa shape index (κ3) is 4.77. The summed E-state index contributed by atoms with van der Waals surface area (Å²) in [7, 11) is 0. The summed E-state index contributed by atoms with van der Waals surface area (Å²) >= 11 is 0. The molecule has 1 aromatic carbocycles. The molecule has 9 heteroatoms. The summed E-state index contributed by atoms with van der Waals surface area (Å²) in [4.78, 5) is 22.5. The van der Waals surface area contributed by atoms with Gasteiger partial charge in [-0.1, -0.05) is 6.07 Å². The molecule has 1 unspecified atom stereocenters. The minimum absolute atomic E-state index is 0. The molecule has 25 heavy (non-hydrogen) atoms. The Balaban J connectivity index is 0.00000225. The summed E-state index contributed by atoms with van der Waals surface area (Å²) in [5, 5.41) is 21.2.